The van der Waals surface area contributed by atoms with Crippen molar-refractivity contribution in [2.24, 2.45) is 0 Å². The Kier molecular flexibility index (Phi) is 4.23. The first kappa shape index (κ1) is 17.9. The van der Waals surface area contributed by atoms with Gasteiger partial charge < -0.3 is 9.51 Å². The van der Waals surface area contributed by atoms with Gasteiger partial charge in [0.05, 0.1) is 11.8 Å². The number of aromatic amines is 1. The molecule has 0 amide bonds. The Balaban J connectivity index is 1.86. The molecular formula is C19H16N4O4S. The first-order valence-corrected chi connectivity index (χ1v) is 10.2. The zero-order valence-corrected chi connectivity index (χ0v) is 15.9. The van der Waals surface area contributed by atoms with Crippen LogP contribution < -0.4 is 4.72 Å². The Hall–Kier alpha value is -3.46. The third-order valence-corrected chi connectivity index (χ3v) is 4.76. The van der Waals surface area contributed by atoms with Gasteiger partial charge in [0.1, 0.15) is 11.4 Å². The SMILES string of the molecule is Cc1cc(C(=O)c2c[nH]c3nccc(-c4cccc(NS(C)(=O)=O)c4)c23)no1. The van der Waals surface area contributed by atoms with Crippen LogP contribution in [0.4, 0.5) is 5.69 Å². The number of H-pyrrole nitrogens is 1. The summed E-state index contributed by atoms with van der Waals surface area (Å²) in [6, 6.07) is 10.3. The van der Waals surface area contributed by atoms with Gasteiger partial charge in [0.25, 0.3) is 0 Å². The number of carbonyl (C=O) groups is 1. The molecule has 0 aliphatic carbocycles. The first-order chi connectivity index (χ1) is 13.3. The fraction of sp³-hybridized carbons (Fsp3) is 0.105. The largest absolute Gasteiger partial charge is 0.361 e. The maximum absolute atomic E-state index is 12.9. The Morgan fingerprint density at radius 2 is 2.04 bits per heavy atom. The number of hydrogen-bond donors (Lipinski definition) is 2. The van der Waals surface area contributed by atoms with Crippen LogP contribution in [0.25, 0.3) is 22.2 Å². The number of carbonyl (C=O) groups excluding carboxylic acids is 1. The zero-order chi connectivity index (χ0) is 19.9. The quantitative estimate of drug-likeness (QED) is 0.500. The molecule has 3 aromatic heterocycles. The van der Waals surface area contributed by atoms with Gasteiger partial charge in [0.2, 0.25) is 15.8 Å². The molecule has 0 radical (unpaired) electrons. The fourth-order valence-corrected chi connectivity index (χ4v) is 3.61. The van der Waals surface area contributed by atoms with Crippen molar-refractivity contribution in [3.63, 3.8) is 0 Å². The molecule has 0 saturated carbocycles. The third kappa shape index (κ3) is 3.39. The molecular weight excluding hydrogens is 380 g/mol. The van der Waals surface area contributed by atoms with Gasteiger partial charge in [-0.2, -0.15) is 0 Å². The molecule has 2 N–H and O–H groups in total. The predicted octanol–water partition coefficient (Wildman–Crippen LogP) is 3.13. The minimum absolute atomic E-state index is 0.209. The Morgan fingerprint density at radius 1 is 1.21 bits per heavy atom. The number of benzene rings is 1. The molecule has 0 spiro atoms. The molecule has 9 heteroatoms. The van der Waals surface area contributed by atoms with Crippen LogP contribution in [0.1, 0.15) is 21.8 Å². The molecule has 0 aliphatic heterocycles. The molecule has 0 atom stereocenters. The van der Waals surface area contributed by atoms with Crippen molar-refractivity contribution in [2.75, 3.05) is 11.0 Å². The molecule has 0 bridgehead atoms. The van der Waals surface area contributed by atoms with Crippen LogP contribution in [-0.4, -0.2) is 35.6 Å². The first-order valence-electron chi connectivity index (χ1n) is 8.34. The molecule has 4 aromatic rings. The van der Waals surface area contributed by atoms with Gasteiger partial charge >= 0.3 is 0 Å². The van der Waals surface area contributed by atoms with Crippen LogP contribution in [0.5, 0.6) is 0 Å². The van der Waals surface area contributed by atoms with Crippen molar-refractivity contribution in [3.8, 4) is 11.1 Å². The number of aryl methyl sites for hydroxylation is 1. The minimum Gasteiger partial charge on any atom is -0.361 e. The number of nitrogens with one attached hydrogen (secondary N) is 2. The summed E-state index contributed by atoms with van der Waals surface area (Å²) in [5.41, 5.74) is 3.08. The van der Waals surface area contributed by atoms with Crippen molar-refractivity contribution in [1.82, 2.24) is 15.1 Å². The second-order valence-corrected chi connectivity index (χ2v) is 8.14. The van der Waals surface area contributed by atoms with E-state index < -0.39 is 10.0 Å². The summed E-state index contributed by atoms with van der Waals surface area (Å²) in [7, 11) is -3.40. The maximum Gasteiger partial charge on any atom is 0.229 e. The van der Waals surface area contributed by atoms with Gasteiger partial charge in [0.15, 0.2) is 5.69 Å². The molecule has 0 fully saturated rings. The van der Waals surface area contributed by atoms with Gasteiger partial charge in [0, 0.05) is 29.5 Å². The third-order valence-electron chi connectivity index (χ3n) is 4.16. The number of pyridine rings is 1. The van der Waals surface area contributed by atoms with Crippen molar-refractivity contribution in [3.05, 3.63) is 65.8 Å². The van der Waals surface area contributed by atoms with Crippen LogP contribution in [0.2, 0.25) is 0 Å². The van der Waals surface area contributed by atoms with E-state index in [4.69, 9.17) is 4.52 Å². The standard InChI is InChI=1S/C19H16N4O4S/c1-11-8-16(22-27-11)18(24)15-10-21-19-17(15)14(6-7-20-19)12-4-3-5-13(9-12)23-28(2,25)26/h3-10,23H,1-2H3,(H,20,21). The lowest BCUT2D eigenvalue weighted by Crippen LogP contribution is -2.09. The molecule has 0 aliphatic rings. The van der Waals surface area contributed by atoms with Crippen LogP contribution in [0.3, 0.4) is 0 Å². The van der Waals surface area contributed by atoms with E-state index in [-0.39, 0.29) is 11.5 Å². The number of anilines is 1. The van der Waals surface area contributed by atoms with Crippen LogP contribution in [0, 0.1) is 6.92 Å². The molecule has 3 heterocycles. The number of ketones is 1. The molecule has 28 heavy (non-hydrogen) atoms. The van der Waals surface area contributed by atoms with Crippen molar-refractivity contribution < 1.29 is 17.7 Å². The summed E-state index contributed by atoms with van der Waals surface area (Å²) in [6.07, 6.45) is 4.30. The number of rotatable bonds is 5. The highest BCUT2D eigenvalue weighted by molar-refractivity contribution is 7.92. The Labute approximate surface area is 160 Å². The van der Waals surface area contributed by atoms with Gasteiger partial charge in [-0.05, 0) is 36.2 Å². The van der Waals surface area contributed by atoms with Gasteiger partial charge in [-0.25, -0.2) is 13.4 Å². The summed E-state index contributed by atoms with van der Waals surface area (Å²) in [5, 5.41) is 4.43. The Morgan fingerprint density at radius 3 is 2.75 bits per heavy atom. The van der Waals surface area contributed by atoms with Crippen molar-refractivity contribution in [2.45, 2.75) is 6.92 Å². The summed E-state index contributed by atoms with van der Waals surface area (Å²) >= 11 is 0. The van der Waals surface area contributed by atoms with E-state index in [1.54, 1.807) is 49.6 Å². The molecule has 4 rings (SSSR count). The van der Waals surface area contributed by atoms with E-state index in [2.05, 4.69) is 19.8 Å². The van der Waals surface area contributed by atoms with E-state index in [1.165, 1.54) is 0 Å². The van der Waals surface area contributed by atoms with E-state index >= 15 is 0 Å². The lowest BCUT2D eigenvalue weighted by Gasteiger charge is -2.09. The minimum atomic E-state index is -3.40. The summed E-state index contributed by atoms with van der Waals surface area (Å²) in [4.78, 5) is 20.2. The molecule has 1 aromatic carbocycles. The topological polar surface area (TPSA) is 118 Å². The number of fused-ring (bicyclic) bond motifs is 1. The van der Waals surface area contributed by atoms with E-state index in [1.807, 2.05) is 6.07 Å². The second kappa shape index (κ2) is 6.61. The van der Waals surface area contributed by atoms with Gasteiger partial charge in [-0.15, -0.1) is 0 Å². The fourth-order valence-electron chi connectivity index (χ4n) is 3.05. The second-order valence-electron chi connectivity index (χ2n) is 6.39. The molecule has 0 unspecified atom stereocenters. The molecule has 8 nitrogen and oxygen atoms in total. The van der Waals surface area contributed by atoms with Crippen LogP contribution in [-0.2, 0) is 10.0 Å². The van der Waals surface area contributed by atoms with Crippen LogP contribution in [0.15, 0.2) is 53.3 Å². The van der Waals surface area contributed by atoms with E-state index in [9.17, 15) is 13.2 Å². The highest BCUT2D eigenvalue weighted by Crippen LogP contribution is 2.32. The number of sulfonamides is 1. The number of aromatic nitrogens is 3. The van der Waals surface area contributed by atoms with Gasteiger partial charge in [-0.1, -0.05) is 17.3 Å². The number of nitrogens with zero attached hydrogens (tertiary/aromatic N) is 2. The van der Waals surface area contributed by atoms with Crippen LogP contribution >= 0.6 is 0 Å². The van der Waals surface area contributed by atoms with Gasteiger partial charge in [-0.3, -0.25) is 9.52 Å². The molecule has 142 valence electrons. The lowest BCUT2D eigenvalue weighted by molar-refractivity contribution is 0.103. The predicted molar refractivity (Wildman–Crippen MR) is 105 cm³/mol. The smallest absolute Gasteiger partial charge is 0.229 e. The number of hydrogen-bond acceptors (Lipinski definition) is 6. The monoisotopic (exact) mass is 396 g/mol. The lowest BCUT2D eigenvalue weighted by atomic mass is 9.98. The average molecular weight is 396 g/mol. The van der Waals surface area contributed by atoms with Crippen molar-refractivity contribution in [1.29, 1.82) is 0 Å². The maximum atomic E-state index is 12.9. The summed E-state index contributed by atoms with van der Waals surface area (Å²) < 4.78 is 30.5. The molecule has 0 saturated heterocycles. The zero-order valence-electron chi connectivity index (χ0n) is 15.1. The summed E-state index contributed by atoms with van der Waals surface area (Å²) in [6.45, 7) is 1.71. The Bertz CT molecular complexity index is 1300. The normalized spacial score (nSPS) is 11.6. The highest BCUT2D eigenvalue weighted by Gasteiger charge is 2.21. The van der Waals surface area contributed by atoms with E-state index in [0.29, 0.717) is 28.0 Å². The average Bonchev–Trinajstić information content (AvgIpc) is 3.26. The summed E-state index contributed by atoms with van der Waals surface area (Å²) in [5.74, 6) is 0.254. The highest BCUT2D eigenvalue weighted by atomic mass is 32.2. The van der Waals surface area contributed by atoms with E-state index in [0.717, 1.165) is 17.4 Å². The van der Waals surface area contributed by atoms with Crippen molar-refractivity contribution >= 4 is 32.5 Å².